The van der Waals surface area contributed by atoms with Crippen molar-refractivity contribution in [1.82, 2.24) is 5.06 Å². The third-order valence-electron chi connectivity index (χ3n) is 3.19. The van der Waals surface area contributed by atoms with Crippen molar-refractivity contribution in [2.45, 2.75) is 39.0 Å². The van der Waals surface area contributed by atoms with E-state index >= 15 is 0 Å². The van der Waals surface area contributed by atoms with Crippen LogP contribution in [0.15, 0.2) is 12.3 Å². The lowest BCUT2D eigenvalue weighted by Crippen LogP contribution is -2.41. The van der Waals surface area contributed by atoms with Gasteiger partial charge in [0, 0.05) is 13.0 Å². The van der Waals surface area contributed by atoms with E-state index in [1.165, 1.54) is 0 Å². The number of ether oxygens (including phenoxy) is 1. The van der Waals surface area contributed by atoms with E-state index < -0.39 is 0 Å². The Hall–Kier alpha value is -0.540. The molecule has 2 aliphatic rings. The lowest BCUT2D eigenvalue weighted by Gasteiger charge is -2.29. The van der Waals surface area contributed by atoms with Gasteiger partial charge in [-0.2, -0.15) is 5.06 Å². The second kappa shape index (κ2) is 3.55. The molecule has 2 rings (SSSR count). The highest BCUT2D eigenvalue weighted by molar-refractivity contribution is 5.02. The highest BCUT2D eigenvalue weighted by Crippen LogP contribution is 2.34. The van der Waals surface area contributed by atoms with Crippen LogP contribution < -0.4 is 0 Å². The molecule has 0 saturated carbocycles. The first kappa shape index (κ1) is 9.99. The quantitative estimate of drug-likeness (QED) is 0.640. The van der Waals surface area contributed by atoms with Crippen LogP contribution >= 0.6 is 0 Å². The second-order valence-electron chi connectivity index (χ2n) is 4.64. The van der Waals surface area contributed by atoms with Crippen molar-refractivity contribution in [3.05, 3.63) is 12.3 Å². The summed E-state index contributed by atoms with van der Waals surface area (Å²) in [5.41, 5.74) is 0. The number of fused-ring (bicyclic) bond motifs is 1. The fourth-order valence-corrected chi connectivity index (χ4v) is 2.45. The summed E-state index contributed by atoms with van der Waals surface area (Å²) in [5, 5.41) is 1.96. The van der Waals surface area contributed by atoms with Crippen LogP contribution in [0.1, 0.15) is 20.8 Å². The van der Waals surface area contributed by atoms with Crippen LogP contribution in [0.2, 0.25) is 0 Å². The molecule has 4 atom stereocenters. The zero-order valence-corrected chi connectivity index (χ0v) is 9.31. The Morgan fingerprint density at radius 1 is 1.29 bits per heavy atom. The van der Waals surface area contributed by atoms with E-state index in [9.17, 15) is 0 Å². The second-order valence-corrected chi connectivity index (χ2v) is 4.64. The summed E-state index contributed by atoms with van der Waals surface area (Å²) in [5.74, 6) is 0.994. The summed E-state index contributed by atoms with van der Waals surface area (Å²) in [6, 6.07) is 0.368. The molecule has 0 N–H and O–H groups in total. The summed E-state index contributed by atoms with van der Waals surface area (Å²) in [6.45, 7) is 6.59. The Bertz CT molecular complexity index is 239. The largest absolute Gasteiger partial charge is 0.494 e. The van der Waals surface area contributed by atoms with Gasteiger partial charge in [0.2, 0.25) is 0 Å². The molecular weight excluding hydrogens is 178 g/mol. The molecule has 3 heteroatoms. The van der Waals surface area contributed by atoms with Crippen LogP contribution in [0.25, 0.3) is 0 Å². The van der Waals surface area contributed by atoms with Crippen LogP contribution in [0, 0.1) is 11.8 Å². The molecule has 0 amide bonds. The van der Waals surface area contributed by atoms with Crippen molar-refractivity contribution >= 4 is 0 Å². The van der Waals surface area contributed by atoms with Gasteiger partial charge in [0.15, 0.2) is 0 Å². The summed E-state index contributed by atoms with van der Waals surface area (Å²) in [7, 11) is 2.00. The number of hydrogen-bond acceptors (Lipinski definition) is 3. The maximum atomic E-state index is 5.81. The van der Waals surface area contributed by atoms with Gasteiger partial charge in [-0.05, 0) is 12.0 Å². The van der Waals surface area contributed by atoms with Gasteiger partial charge in [-0.25, -0.2) is 0 Å². The van der Waals surface area contributed by atoms with E-state index in [1.807, 2.05) is 18.4 Å². The number of rotatable bonds is 1. The molecule has 1 saturated heterocycles. The lowest BCUT2D eigenvalue weighted by molar-refractivity contribution is -0.158. The van der Waals surface area contributed by atoms with E-state index in [0.29, 0.717) is 17.9 Å². The molecule has 0 aliphatic carbocycles. The van der Waals surface area contributed by atoms with Crippen LogP contribution in [0.3, 0.4) is 0 Å². The highest BCUT2D eigenvalue weighted by atomic mass is 16.7. The van der Waals surface area contributed by atoms with Gasteiger partial charge in [-0.15, -0.1) is 0 Å². The van der Waals surface area contributed by atoms with Gasteiger partial charge in [-0.1, -0.05) is 20.8 Å². The smallest absolute Gasteiger partial charge is 0.144 e. The minimum absolute atomic E-state index is 0.192. The Balaban J connectivity index is 2.18. The third-order valence-corrected chi connectivity index (χ3v) is 3.19. The van der Waals surface area contributed by atoms with Gasteiger partial charge in [0.25, 0.3) is 0 Å². The topological polar surface area (TPSA) is 21.7 Å². The molecule has 0 aromatic carbocycles. The average Bonchev–Trinajstić information content (AvgIpc) is 2.42. The third kappa shape index (κ3) is 1.44. The monoisotopic (exact) mass is 197 g/mol. The van der Waals surface area contributed by atoms with E-state index in [-0.39, 0.29) is 12.2 Å². The fraction of sp³-hybridized carbons (Fsp3) is 0.818. The van der Waals surface area contributed by atoms with Gasteiger partial charge in [-0.3, -0.25) is 4.84 Å². The van der Waals surface area contributed by atoms with Crippen LogP contribution in [-0.2, 0) is 9.57 Å². The summed E-state index contributed by atoms with van der Waals surface area (Å²) in [4.78, 5) is 5.81. The van der Waals surface area contributed by atoms with Gasteiger partial charge >= 0.3 is 0 Å². The minimum atomic E-state index is 0.192. The molecule has 0 radical (unpaired) electrons. The van der Waals surface area contributed by atoms with Gasteiger partial charge < -0.3 is 4.74 Å². The molecule has 0 bridgehead atoms. The first-order chi connectivity index (χ1) is 6.61. The van der Waals surface area contributed by atoms with E-state index in [0.717, 1.165) is 0 Å². The van der Waals surface area contributed by atoms with Crippen molar-refractivity contribution in [3.8, 4) is 0 Å². The van der Waals surface area contributed by atoms with Crippen molar-refractivity contribution < 1.29 is 9.57 Å². The van der Waals surface area contributed by atoms with Gasteiger partial charge in [0.05, 0.1) is 12.3 Å². The Morgan fingerprint density at radius 3 is 2.64 bits per heavy atom. The van der Waals surface area contributed by atoms with Crippen LogP contribution in [-0.4, -0.2) is 30.4 Å². The molecule has 0 aromatic rings. The first-order valence-corrected chi connectivity index (χ1v) is 5.33. The molecule has 80 valence electrons. The normalized spacial score (nSPS) is 42.6. The summed E-state index contributed by atoms with van der Waals surface area (Å²) in [6.07, 6.45) is 4.28. The van der Waals surface area contributed by atoms with Crippen LogP contribution in [0.4, 0.5) is 0 Å². The average molecular weight is 197 g/mol. The number of likely N-dealkylation sites (N-methyl/N-ethyl adjacent to an activating group) is 1. The highest BCUT2D eigenvalue weighted by Gasteiger charge is 2.47. The molecule has 3 nitrogen and oxygen atoms in total. The zero-order chi connectivity index (χ0) is 10.3. The van der Waals surface area contributed by atoms with E-state index in [1.54, 1.807) is 0 Å². The molecule has 1 fully saturated rings. The molecule has 0 spiro atoms. The first-order valence-electron chi connectivity index (χ1n) is 5.33. The summed E-state index contributed by atoms with van der Waals surface area (Å²) >= 11 is 0. The van der Waals surface area contributed by atoms with Crippen molar-refractivity contribution in [1.29, 1.82) is 0 Å². The molecule has 0 aromatic heterocycles. The number of hydroxylamine groups is 2. The maximum absolute atomic E-state index is 5.81. The maximum Gasteiger partial charge on any atom is 0.144 e. The van der Waals surface area contributed by atoms with E-state index in [4.69, 9.17) is 9.57 Å². The SMILES string of the molecule is CC(C)[C@@H]1[C@H]2OC=C[C@@H](C)[C@H]2ON1C. The lowest BCUT2D eigenvalue weighted by atomic mass is 9.89. The zero-order valence-electron chi connectivity index (χ0n) is 9.31. The van der Waals surface area contributed by atoms with Crippen LogP contribution in [0.5, 0.6) is 0 Å². The standard InChI is InChI=1S/C11H19NO2/c1-7(2)9-11-10(14-12(9)4)8(3)5-6-13-11/h5-11H,1-4H3/t8-,9-,10-,11-/m1/s1. The number of nitrogens with zero attached hydrogens (tertiary/aromatic N) is 1. The Kier molecular flexibility index (Phi) is 2.54. The molecular formula is C11H19NO2. The Morgan fingerprint density at radius 2 is 2.00 bits per heavy atom. The number of hydrogen-bond donors (Lipinski definition) is 0. The fourth-order valence-electron chi connectivity index (χ4n) is 2.45. The van der Waals surface area contributed by atoms with Crippen molar-refractivity contribution in [2.75, 3.05) is 7.05 Å². The molecule has 0 unspecified atom stereocenters. The molecule has 2 heterocycles. The predicted molar refractivity (Wildman–Crippen MR) is 54.4 cm³/mol. The Labute approximate surface area is 85.6 Å². The summed E-state index contributed by atoms with van der Waals surface area (Å²) < 4.78 is 5.67. The van der Waals surface area contributed by atoms with Gasteiger partial charge in [0.1, 0.15) is 12.2 Å². The molecule has 2 aliphatic heterocycles. The predicted octanol–water partition coefficient (Wildman–Crippen LogP) is 1.81. The van der Waals surface area contributed by atoms with Crippen molar-refractivity contribution in [2.24, 2.45) is 11.8 Å². The molecule has 14 heavy (non-hydrogen) atoms. The minimum Gasteiger partial charge on any atom is -0.494 e. The van der Waals surface area contributed by atoms with E-state index in [2.05, 4.69) is 26.8 Å². The van der Waals surface area contributed by atoms with Crippen molar-refractivity contribution in [3.63, 3.8) is 0 Å².